The molecule has 20 heavy (non-hydrogen) atoms. The van der Waals surface area contributed by atoms with Crippen molar-refractivity contribution < 1.29 is 9.47 Å². The molecule has 0 aliphatic carbocycles. The van der Waals surface area contributed by atoms with Crippen LogP contribution >= 0.6 is 27.5 Å². The molecule has 0 saturated heterocycles. The predicted octanol–water partition coefficient (Wildman–Crippen LogP) is 4.15. The van der Waals surface area contributed by atoms with Crippen molar-refractivity contribution in [3.8, 4) is 11.5 Å². The van der Waals surface area contributed by atoms with Crippen LogP contribution < -0.4 is 15.2 Å². The lowest BCUT2D eigenvalue weighted by molar-refractivity contribution is 0.294. The average molecular weight is 357 g/mol. The molecule has 0 radical (unpaired) electrons. The lowest BCUT2D eigenvalue weighted by Gasteiger charge is -2.13. The second-order valence-corrected chi connectivity index (χ2v) is 5.55. The van der Waals surface area contributed by atoms with Crippen molar-refractivity contribution in [3.05, 3.63) is 57.0 Å². The zero-order valence-electron chi connectivity index (χ0n) is 11.0. The summed E-state index contributed by atoms with van der Waals surface area (Å²) in [5.41, 5.74) is 7.56. The predicted molar refractivity (Wildman–Crippen MR) is 84.4 cm³/mol. The van der Waals surface area contributed by atoms with Crippen LogP contribution in [0.15, 0.2) is 40.9 Å². The Bertz CT molecular complexity index is 604. The molecular formula is C15H15BrClNO2. The summed E-state index contributed by atoms with van der Waals surface area (Å²) in [6.07, 6.45) is 0. The van der Waals surface area contributed by atoms with Gasteiger partial charge in [-0.1, -0.05) is 27.5 Å². The van der Waals surface area contributed by atoms with Crippen molar-refractivity contribution in [2.75, 3.05) is 7.11 Å². The molecule has 0 aliphatic rings. The summed E-state index contributed by atoms with van der Waals surface area (Å²) in [6.45, 7) is 0.791. The molecule has 0 bridgehead atoms. The van der Waals surface area contributed by atoms with E-state index in [1.807, 2.05) is 30.3 Å². The molecular weight excluding hydrogens is 342 g/mol. The van der Waals surface area contributed by atoms with E-state index in [2.05, 4.69) is 15.9 Å². The Kier molecular flexibility index (Phi) is 5.29. The first-order valence-corrected chi connectivity index (χ1v) is 7.25. The number of rotatable bonds is 5. The first kappa shape index (κ1) is 15.2. The van der Waals surface area contributed by atoms with E-state index in [-0.39, 0.29) is 0 Å². The molecule has 2 aromatic rings. The summed E-state index contributed by atoms with van der Waals surface area (Å²) in [5, 5.41) is 0.652. The quantitative estimate of drug-likeness (QED) is 0.875. The van der Waals surface area contributed by atoms with Gasteiger partial charge in [0.2, 0.25) is 0 Å². The highest BCUT2D eigenvalue weighted by atomic mass is 79.9. The van der Waals surface area contributed by atoms with Gasteiger partial charge in [-0.15, -0.1) is 0 Å². The Morgan fingerprint density at radius 3 is 2.55 bits per heavy atom. The van der Waals surface area contributed by atoms with E-state index in [0.29, 0.717) is 18.2 Å². The highest BCUT2D eigenvalue weighted by Gasteiger charge is 2.07. The smallest absolute Gasteiger partial charge is 0.125 e. The molecule has 106 valence electrons. The third-order valence-electron chi connectivity index (χ3n) is 2.87. The lowest BCUT2D eigenvalue weighted by atomic mass is 10.2. The Morgan fingerprint density at radius 1 is 1.10 bits per heavy atom. The van der Waals surface area contributed by atoms with Gasteiger partial charge in [-0.3, -0.25) is 0 Å². The normalized spacial score (nSPS) is 10.4. The molecule has 2 N–H and O–H groups in total. The molecule has 2 aromatic carbocycles. The van der Waals surface area contributed by atoms with Crippen LogP contribution in [0.5, 0.6) is 11.5 Å². The van der Waals surface area contributed by atoms with E-state index in [4.69, 9.17) is 26.8 Å². The third kappa shape index (κ3) is 3.66. The first-order chi connectivity index (χ1) is 9.63. The highest BCUT2D eigenvalue weighted by molar-refractivity contribution is 9.10. The molecule has 0 unspecified atom stereocenters. The van der Waals surface area contributed by atoms with E-state index in [1.54, 1.807) is 13.2 Å². The number of nitrogens with two attached hydrogens (primary N) is 1. The van der Waals surface area contributed by atoms with E-state index >= 15 is 0 Å². The van der Waals surface area contributed by atoms with Crippen molar-refractivity contribution >= 4 is 27.5 Å². The summed E-state index contributed by atoms with van der Waals surface area (Å²) >= 11 is 9.41. The molecule has 0 saturated carbocycles. The van der Waals surface area contributed by atoms with Gasteiger partial charge in [0.1, 0.15) is 18.1 Å². The van der Waals surface area contributed by atoms with Gasteiger partial charge in [0.05, 0.1) is 7.11 Å². The van der Waals surface area contributed by atoms with Crippen molar-refractivity contribution in [1.29, 1.82) is 0 Å². The minimum absolute atomic E-state index is 0.373. The summed E-state index contributed by atoms with van der Waals surface area (Å²) in [7, 11) is 1.62. The number of ether oxygens (including phenoxy) is 2. The van der Waals surface area contributed by atoms with Gasteiger partial charge in [-0.05, 0) is 36.4 Å². The van der Waals surface area contributed by atoms with Crippen LogP contribution in [0.3, 0.4) is 0 Å². The fraction of sp³-hybridized carbons (Fsp3) is 0.200. The minimum Gasteiger partial charge on any atom is -0.496 e. The highest BCUT2D eigenvalue weighted by Crippen LogP contribution is 2.27. The number of halogens is 2. The Morgan fingerprint density at radius 2 is 1.85 bits per heavy atom. The van der Waals surface area contributed by atoms with Crippen LogP contribution in [0.4, 0.5) is 0 Å². The monoisotopic (exact) mass is 355 g/mol. The Balaban J connectivity index is 2.18. The summed E-state index contributed by atoms with van der Waals surface area (Å²) in [4.78, 5) is 0. The van der Waals surface area contributed by atoms with Crippen LogP contribution in [0, 0.1) is 0 Å². The zero-order chi connectivity index (χ0) is 14.5. The number of benzene rings is 2. The molecule has 5 heteroatoms. The molecule has 0 amide bonds. The molecule has 0 aromatic heterocycles. The van der Waals surface area contributed by atoms with Gasteiger partial charge >= 0.3 is 0 Å². The number of methoxy groups -OCH3 is 1. The van der Waals surface area contributed by atoms with Gasteiger partial charge in [0.15, 0.2) is 0 Å². The molecule has 3 nitrogen and oxygen atoms in total. The van der Waals surface area contributed by atoms with E-state index in [9.17, 15) is 0 Å². The van der Waals surface area contributed by atoms with Gasteiger partial charge in [-0.25, -0.2) is 0 Å². The lowest BCUT2D eigenvalue weighted by Crippen LogP contribution is -2.04. The largest absolute Gasteiger partial charge is 0.496 e. The average Bonchev–Trinajstić information content (AvgIpc) is 2.46. The van der Waals surface area contributed by atoms with Crippen LogP contribution in [0.25, 0.3) is 0 Å². The maximum Gasteiger partial charge on any atom is 0.125 e. The van der Waals surface area contributed by atoms with Crippen LogP contribution in [0.2, 0.25) is 5.02 Å². The fourth-order valence-corrected chi connectivity index (χ4v) is 2.47. The molecule has 0 fully saturated rings. The van der Waals surface area contributed by atoms with Gasteiger partial charge < -0.3 is 15.2 Å². The van der Waals surface area contributed by atoms with Crippen molar-refractivity contribution in [1.82, 2.24) is 0 Å². The Hall–Kier alpha value is -1.23. The summed E-state index contributed by atoms with van der Waals surface area (Å²) < 4.78 is 12.1. The maximum absolute atomic E-state index is 6.00. The van der Waals surface area contributed by atoms with E-state index < -0.39 is 0 Å². The zero-order valence-corrected chi connectivity index (χ0v) is 13.4. The van der Waals surface area contributed by atoms with Gasteiger partial charge in [-0.2, -0.15) is 0 Å². The number of hydrogen-bond acceptors (Lipinski definition) is 3. The minimum atomic E-state index is 0.373. The molecule has 2 rings (SSSR count). The maximum atomic E-state index is 6.00. The van der Waals surface area contributed by atoms with Crippen LogP contribution in [0.1, 0.15) is 11.1 Å². The molecule has 0 spiro atoms. The molecule has 0 heterocycles. The molecule has 0 aliphatic heterocycles. The van der Waals surface area contributed by atoms with Gasteiger partial charge in [0.25, 0.3) is 0 Å². The fourth-order valence-electron chi connectivity index (χ4n) is 1.86. The van der Waals surface area contributed by atoms with Crippen molar-refractivity contribution in [2.24, 2.45) is 5.73 Å². The summed E-state index contributed by atoms with van der Waals surface area (Å²) in [6, 6.07) is 11.2. The second-order valence-electron chi connectivity index (χ2n) is 4.20. The van der Waals surface area contributed by atoms with Crippen molar-refractivity contribution in [2.45, 2.75) is 13.2 Å². The number of hydrogen-bond donors (Lipinski definition) is 1. The first-order valence-electron chi connectivity index (χ1n) is 6.07. The second kappa shape index (κ2) is 6.97. The van der Waals surface area contributed by atoms with Gasteiger partial charge in [0, 0.05) is 27.2 Å². The Labute approximate surface area is 131 Å². The summed E-state index contributed by atoms with van der Waals surface area (Å²) in [5.74, 6) is 1.51. The topological polar surface area (TPSA) is 44.5 Å². The molecule has 0 atom stereocenters. The van der Waals surface area contributed by atoms with Crippen LogP contribution in [-0.2, 0) is 13.2 Å². The van der Waals surface area contributed by atoms with Crippen molar-refractivity contribution in [3.63, 3.8) is 0 Å². The van der Waals surface area contributed by atoms with E-state index in [0.717, 1.165) is 27.1 Å². The SMILES string of the molecule is COc1ccc(Cl)cc1COc1ccc(Br)cc1CN. The van der Waals surface area contributed by atoms with E-state index in [1.165, 1.54) is 0 Å². The standard InChI is InChI=1S/C15H15BrClNO2/c1-19-14-5-3-13(17)7-11(14)9-20-15-4-2-12(16)6-10(15)8-18/h2-7H,8-9,18H2,1H3. The van der Waals surface area contributed by atoms with Crippen LogP contribution in [-0.4, -0.2) is 7.11 Å². The third-order valence-corrected chi connectivity index (χ3v) is 3.60.